The SMILES string of the molecule is CCCCCCCCCCCCCCC[C@H](CCC)C(C)(C)n1ccnc1. The van der Waals surface area contributed by atoms with E-state index in [0.717, 1.165) is 5.92 Å². The maximum absolute atomic E-state index is 4.26. The normalized spacial score (nSPS) is 13.2. The van der Waals surface area contributed by atoms with Crippen molar-refractivity contribution in [1.29, 1.82) is 0 Å². The predicted molar refractivity (Wildman–Crippen MR) is 120 cm³/mol. The van der Waals surface area contributed by atoms with Crippen LogP contribution in [0.15, 0.2) is 18.7 Å². The zero-order valence-corrected chi connectivity index (χ0v) is 19.0. The van der Waals surface area contributed by atoms with Crippen LogP contribution in [0.4, 0.5) is 0 Å². The quantitative estimate of drug-likeness (QED) is 0.235. The molecule has 1 aromatic heterocycles. The van der Waals surface area contributed by atoms with Crippen LogP contribution in [0.25, 0.3) is 0 Å². The molecule has 0 saturated carbocycles. The summed E-state index contributed by atoms with van der Waals surface area (Å²) in [6, 6.07) is 0. The molecule has 0 aliphatic carbocycles. The minimum absolute atomic E-state index is 0.184. The Kier molecular flexibility index (Phi) is 13.6. The van der Waals surface area contributed by atoms with E-state index in [2.05, 4.69) is 43.4 Å². The van der Waals surface area contributed by atoms with E-state index >= 15 is 0 Å². The van der Waals surface area contributed by atoms with E-state index in [1.165, 1.54) is 103 Å². The third-order valence-electron chi connectivity index (χ3n) is 6.46. The van der Waals surface area contributed by atoms with E-state index < -0.39 is 0 Å². The van der Waals surface area contributed by atoms with Crippen LogP contribution in [0.5, 0.6) is 0 Å². The van der Waals surface area contributed by atoms with Crippen molar-refractivity contribution in [3.8, 4) is 0 Å². The van der Waals surface area contributed by atoms with Crippen molar-refractivity contribution in [3.05, 3.63) is 18.7 Å². The molecule has 0 aliphatic heterocycles. The lowest BCUT2D eigenvalue weighted by molar-refractivity contribution is 0.184. The van der Waals surface area contributed by atoms with Crippen molar-refractivity contribution >= 4 is 0 Å². The van der Waals surface area contributed by atoms with Gasteiger partial charge in [-0.25, -0.2) is 4.98 Å². The molecule has 1 rings (SSSR count). The average Bonchev–Trinajstić information content (AvgIpc) is 3.20. The first-order valence-corrected chi connectivity index (χ1v) is 12.1. The van der Waals surface area contributed by atoms with E-state index in [4.69, 9.17) is 0 Å². The maximum atomic E-state index is 4.26. The second-order valence-corrected chi connectivity index (χ2v) is 9.14. The summed E-state index contributed by atoms with van der Waals surface area (Å²) >= 11 is 0. The lowest BCUT2D eigenvalue weighted by Crippen LogP contribution is -2.34. The summed E-state index contributed by atoms with van der Waals surface area (Å²) in [6.45, 7) is 9.39. The highest BCUT2D eigenvalue weighted by Crippen LogP contribution is 2.33. The Morgan fingerprint density at radius 2 is 1.22 bits per heavy atom. The van der Waals surface area contributed by atoms with Crippen molar-refractivity contribution in [1.82, 2.24) is 9.55 Å². The monoisotopic (exact) mass is 376 g/mol. The standard InChI is InChI=1S/C25H48N2/c1-5-7-8-9-10-11-12-13-14-15-16-17-18-20-24(19-6-2)25(3,4)27-22-21-26-23-27/h21-24H,5-20H2,1-4H3/t24-/m0/s1. The van der Waals surface area contributed by atoms with Gasteiger partial charge in [0.25, 0.3) is 0 Å². The average molecular weight is 377 g/mol. The number of hydrogen-bond donors (Lipinski definition) is 0. The highest BCUT2D eigenvalue weighted by Gasteiger charge is 2.29. The van der Waals surface area contributed by atoms with E-state index in [1.54, 1.807) is 0 Å². The maximum Gasteiger partial charge on any atom is 0.0951 e. The van der Waals surface area contributed by atoms with Crippen LogP contribution in [0.2, 0.25) is 0 Å². The van der Waals surface area contributed by atoms with Gasteiger partial charge in [0.2, 0.25) is 0 Å². The first-order chi connectivity index (χ1) is 13.1. The summed E-state index contributed by atoms with van der Waals surface area (Å²) in [5.41, 5.74) is 0.184. The molecule has 0 saturated heterocycles. The van der Waals surface area contributed by atoms with Crippen LogP contribution in [0, 0.1) is 5.92 Å². The molecule has 0 bridgehead atoms. The van der Waals surface area contributed by atoms with Gasteiger partial charge in [-0.05, 0) is 32.6 Å². The smallest absolute Gasteiger partial charge is 0.0951 e. The second-order valence-electron chi connectivity index (χ2n) is 9.14. The Labute approximate surface area is 170 Å². The van der Waals surface area contributed by atoms with Crippen LogP contribution in [-0.2, 0) is 5.54 Å². The van der Waals surface area contributed by atoms with Gasteiger partial charge in [0.1, 0.15) is 0 Å². The van der Waals surface area contributed by atoms with Crippen LogP contribution < -0.4 is 0 Å². The highest BCUT2D eigenvalue weighted by molar-refractivity contribution is 4.90. The third-order valence-corrected chi connectivity index (χ3v) is 6.46. The van der Waals surface area contributed by atoms with Gasteiger partial charge in [0.05, 0.1) is 6.33 Å². The Morgan fingerprint density at radius 3 is 1.67 bits per heavy atom. The fourth-order valence-corrected chi connectivity index (χ4v) is 4.42. The summed E-state index contributed by atoms with van der Waals surface area (Å²) in [7, 11) is 0. The van der Waals surface area contributed by atoms with Gasteiger partial charge in [0, 0.05) is 17.9 Å². The van der Waals surface area contributed by atoms with Crippen molar-refractivity contribution in [2.45, 2.75) is 136 Å². The van der Waals surface area contributed by atoms with Crippen LogP contribution in [0.3, 0.4) is 0 Å². The van der Waals surface area contributed by atoms with Gasteiger partial charge in [-0.15, -0.1) is 0 Å². The zero-order valence-electron chi connectivity index (χ0n) is 19.0. The molecule has 0 aromatic carbocycles. The summed E-state index contributed by atoms with van der Waals surface area (Å²) in [4.78, 5) is 4.26. The molecule has 0 spiro atoms. The highest BCUT2D eigenvalue weighted by atomic mass is 15.1. The molecule has 0 radical (unpaired) electrons. The number of rotatable bonds is 18. The predicted octanol–water partition coefficient (Wildman–Crippen LogP) is 8.52. The largest absolute Gasteiger partial charge is 0.332 e. The first-order valence-electron chi connectivity index (χ1n) is 12.1. The fraction of sp³-hybridized carbons (Fsp3) is 0.880. The molecular formula is C25H48N2. The third kappa shape index (κ3) is 10.4. The topological polar surface area (TPSA) is 17.8 Å². The van der Waals surface area contributed by atoms with E-state index in [-0.39, 0.29) is 5.54 Å². The van der Waals surface area contributed by atoms with Crippen LogP contribution in [-0.4, -0.2) is 9.55 Å². The van der Waals surface area contributed by atoms with Gasteiger partial charge in [-0.1, -0.05) is 104 Å². The van der Waals surface area contributed by atoms with Crippen molar-refractivity contribution < 1.29 is 0 Å². The van der Waals surface area contributed by atoms with E-state index in [9.17, 15) is 0 Å². The molecule has 1 aromatic rings. The van der Waals surface area contributed by atoms with Gasteiger partial charge in [-0.2, -0.15) is 0 Å². The molecule has 0 N–H and O–H groups in total. The Hall–Kier alpha value is -0.790. The second kappa shape index (κ2) is 15.2. The number of nitrogens with zero attached hydrogens (tertiary/aromatic N) is 2. The van der Waals surface area contributed by atoms with Gasteiger partial charge in [0.15, 0.2) is 0 Å². The number of aromatic nitrogens is 2. The van der Waals surface area contributed by atoms with Gasteiger partial charge >= 0.3 is 0 Å². The molecule has 1 heterocycles. The minimum Gasteiger partial charge on any atom is -0.332 e. The number of unbranched alkanes of at least 4 members (excludes halogenated alkanes) is 12. The van der Waals surface area contributed by atoms with E-state index in [1.807, 2.05) is 12.5 Å². The Bertz CT molecular complexity index is 422. The molecule has 0 fully saturated rings. The summed E-state index contributed by atoms with van der Waals surface area (Å²) < 4.78 is 2.32. The molecule has 0 unspecified atom stereocenters. The minimum atomic E-state index is 0.184. The molecule has 0 aliphatic rings. The van der Waals surface area contributed by atoms with Crippen molar-refractivity contribution in [2.75, 3.05) is 0 Å². The van der Waals surface area contributed by atoms with E-state index in [0.29, 0.717) is 0 Å². The summed E-state index contributed by atoms with van der Waals surface area (Å²) in [6.07, 6.45) is 28.7. The molecular weight excluding hydrogens is 328 g/mol. The molecule has 0 amide bonds. The molecule has 27 heavy (non-hydrogen) atoms. The molecule has 2 nitrogen and oxygen atoms in total. The fourth-order valence-electron chi connectivity index (χ4n) is 4.42. The zero-order chi connectivity index (χ0) is 19.8. The number of imidazole rings is 1. The van der Waals surface area contributed by atoms with Crippen molar-refractivity contribution in [2.24, 2.45) is 5.92 Å². The molecule has 2 heteroatoms. The summed E-state index contributed by atoms with van der Waals surface area (Å²) in [5, 5.41) is 0. The Morgan fingerprint density at radius 1 is 0.704 bits per heavy atom. The molecule has 158 valence electrons. The Balaban J connectivity index is 2.05. The first kappa shape index (κ1) is 24.2. The van der Waals surface area contributed by atoms with Gasteiger partial charge in [-0.3, -0.25) is 0 Å². The molecule has 1 atom stereocenters. The summed E-state index contributed by atoms with van der Waals surface area (Å²) in [5.74, 6) is 0.754. The number of hydrogen-bond acceptors (Lipinski definition) is 1. The van der Waals surface area contributed by atoms with Gasteiger partial charge < -0.3 is 4.57 Å². The van der Waals surface area contributed by atoms with Crippen LogP contribution in [0.1, 0.15) is 130 Å². The van der Waals surface area contributed by atoms with Crippen LogP contribution >= 0.6 is 0 Å². The van der Waals surface area contributed by atoms with Crippen molar-refractivity contribution in [3.63, 3.8) is 0 Å². The lowest BCUT2D eigenvalue weighted by Gasteiger charge is -2.36. The lowest BCUT2D eigenvalue weighted by atomic mass is 9.80.